The van der Waals surface area contributed by atoms with Crippen LogP contribution >= 0.6 is 23.4 Å². The molecule has 0 unspecified atom stereocenters. The summed E-state index contributed by atoms with van der Waals surface area (Å²) in [5.41, 5.74) is 0.787. The summed E-state index contributed by atoms with van der Waals surface area (Å²) >= 11 is 8.10. The Hall–Kier alpha value is -2.98. The lowest BCUT2D eigenvalue weighted by molar-refractivity contribution is -0.0905. The van der Waals surface area contributed by atoms with Gasteiger partial charge in [-0.3, -0.25) is 9.36 Å². The second kappa shape index (κ2) is 9.64. The summed E-state index contributed by atoms with van der Waals surface area (Å²) in [5.74, 6) is 0.945. The van der Waals surface area contributed by atoms with E-state index in [1.807, 2.05) is 27.0 Å². The summed E-state index contributed by atoms with van der Waals surface area (Å²) in [6.45, 7) is 6.82. The minimum atomic E-state index is -0.534. The van der Waals surface area contributed by atoms with E-state index in [-0.39, 0.29) is 23.1 Å². The summed E-state index contributed by atoms with van der Waals surface area (Å²) in [7, 11) is 3.07. The number of ether oxygens (including phenoxy) is 3. The van der Waals surface area contributed by atoms with Crippen molar-refractivity contribution in [3.8, 4) is 22.6 Å². The molecule has 38 heavy (non-hydrogen) atoms. The molecule has 1 saturated carbocycles. The standard InChI is InChI=1S/C27H31ClN4O5S/c1-26(2,3)37-25(34)31-13-27(14-31)10-16(11-27)32-22-15(12-29-24(30-22)38-6)7-19(23(32)33)18-8-17(35-4)9-20(36-5)21(18)28/h7-9,12,16H,10-11,13-14H2,1-6H3. The molecule has 5 rings (SSSR count). The molecule has 0 radical (unpaired) electrons. The highest BCUT2D eigenvalue weighted by molar-refractivity contribution is 7.98. The normalized spacial score (nSPS) is 16.8. The molecule has 2 fully saturated rings. The molecule has 0 N–H and O–H groups in total. The number of benzene rings is 1. The molecule has 11 heteroatoms. The molecule has 0 atom stereocenters. The van der Waals surface area contributed by atoms with Crippen molar-refractivity contribution in [3.63, 3.8) is 0 Å². The van der Waals surface area contributed by atoms with Gasteiger partial charge in [0, 0.05) is 53.3 Å². The van der Waals surface area contributed by atoms with Crippen molar-refractivity contribution in [3.05, 3.63) is 39.8 Å². The molecular weight excluding hydrogens is 528 g/mol. The molecule has 1 aliphatic carbocycles. The van der Waals surface area contributed by atoms with Gasteiger partial charge in [0.2, 0.25) is 0 Å². The number of thioether (sulfide) groups is 1. The van der Waals surface area contributed by atoms with E-state index in [4.69, 9.17) is 30.8 Å². The van der Waals surface area contributed by atoms with Crippen LogP contribution in [0.25, 0.3) is 22.2 Å². The number of hydrogen-bond donors (Lipinski definition) is 0. The van der Waals surface area contributed by atoms with Crippen molar-refractivity contribution in [1.82, 2.24) is 19.4 Å². The second-order valence-corrected chi connectivity index (χ2v) is 12.1. The van der Waals surface area contributed by atoms with Gasteiger partial charge in [-0.05, 0) is 52.0 Å². The number of likely N-dealkylation sites (tertiary alicyclic amines) is 1. The van der Waals surface area contributed by atoms with Crippen LogP contribution in [0, 0.1) is 5.41 Å². The van der Waals surface area contributed by atoms with Crippen LogP contribution in [0.3, 0.4) is 0 Å². The fourth-order valence-corrected chi connectivity index (χ4v) is 5.99. The number of rotatable bonds is 5. The molecule has 9 nitrogen and oxygen atoms in total. The van der Waals surface area contributed by atoms with E-state index in [0.717, 1.165) is 18.2 Å². The Bertz CT molecular complexity index is 1470. The second-order valence-electron chi connectivity index (χ2n) is 11.0. The molecule has 202 valence electrons. The van der Waals surface area contributed by atoms with Crippen molar-refractivity contribution in [1.29, 1.82) is 0 Å². The maximum Gasteiger partial charge on any atom is 0.410 e. The highest BCUT2D eigenvalue weighted by Crippen LogP contribution is 2.54. The van der Waals surface area contributed by atoms with Gasteiger partial charge in [-0.15, -0.1) is 0 Å². The Kier molecular flexibility index (Phi) is 6.76. The van der Waals surface area contributed by atoms with E-state index >= 15 is 0 Å². The van der Waals surface area contributed by atoms with E-state index < -0.39 is 5.60 Å². The van der Waals surface area contributed by atoms with Gasteiger partial charge in [0.25, 0.3) is 5.56 Å². The van der Waals surface area contributed by atoms with Crippen LogP contribution in [0.5, 0.6) is 11.5 Å². The van der Waals surface area contributed by atoms with Gasteiger partial charge in [-0.2, -0.15) is 0 Å². The average molecular weight is 559 g/mol. The molecule has 2 aromatic heterocycles. The number of carbonyl (C=O) groups excluding carboxylic acids is 1. The molecule has 1 amide bonds. The molecule has 0 bridgehead atoms. The lowest BCUT2D eigenvalue weighted by Crippen LogP contribution is -2.64. The third-order valence-corrected chi connectivity index (χ3v) is 8.05. The number of nitrogens with zero attached hydrogens (tertiary/aromatic N) is 4. The molecule has 1 aromatic carbocycles. The van der Waals surface area contributed by atoms with Gasteiger partial charge >= 0.3 is 6.09 Å². The topological polar surface area (TPSA) is 95.8 Å². The fraction of sp³-hybridized carbons (Fsp3) is 0.481. The number of pyridine rings is 1. The third kappa shape index (κ3) is 4.68. The predicted octanol–water partition coefficient (Wildman–Crippen LogP) is 5.42. The largest absolute Gasteiger partial charge is 0.497 e. The summed E-state index contributed by atoms with van der Waals surface area (Å²) in [6.07, 6.45) is 4.87. The highest BCUT2D eigenvalue weighted by Gasteiger charge is 2.55. The van der Waals surface area contributed by atoms with Crippen molar-refractivity contribution in [2.45, 2.75) is 50.4 Å². The number of hydrogen-bond acceptors (Lipinski definition) is 8. The quantitative estimate of drug-likeness (QED) is 0.302. The van der Waals surface area contributed by atoms with E-state index in [1.165, 1.54) is 18.9 Å². The lowest BCUT2D eigenvalue weighted by atomic mass is 9.60. The maximum atomic E-state index is 14.1. The van der Waals surface area contributed by atoms with Crippen molar-refractivity contribution in [2.75, 3.05) is 33.6 Å². The molecule has 1 aliphatic heterocycles. The van der Waals surface area contributed by atoms with Crippen molar-refractivity contribution < 1.29 is 19.0 Å². The zero-order valence-corrected chi connectivity index (χ0v) is 23.9. The number of amides is 1. The van der Waals surface area contributed by atoms with Gasteiger partial charge in [-0.1, -0.05) is 23.4 Å². The first-order valence-corrected chi connectivity index (χ1v) is 13.9. The number of halogens is 1. The highest BCUT2D eigenvalue weighted by atomic mass is 35.5. The molecule has 3 aromatic rings. The van der Waals surface area contributed by atoms with Crippen LogP contribution in [-0.4, -0.2) is 64.7 Å². The zero-order chi connectivity index (χ0) is 27.4. The first-order valence-electron chi connectivity index (χ1n) is 12.3. The van der Waals surface area contributed by atoms with E-state index in [1.54, 1.807) is 41.0 Å². The molecule has 2 aliphatic rings. The van der Waals surface area contributed by atoms with E-state index in [2.05, 4.69) is 4.98 Å². The number of methoxy groups -OCH3 is 2. The number of carbonyl (C=O) groups is 1. The Morgan fingerprint density at radius 3 is 2.45 bits per heavy atom. The molecular formula is C27H31ClN4O5S. The Balaban J connectivity index is 1.52. The molecule has 1 spiro atoms. The fourth-order valence-electron chi connectivity index (χ4n) is 5.37. The van der Waals surface area contributed by atoms with Crippen molar-refractivity contribution in [2.24, 2.45) is 5.41 Å². The van der Waals surface area contributed by atoms with Crippen LogP contribution in [0.1, 0.15) is 39.7 Å². The van der Waals surface area contributed by atoms with Crippen molar-refractivity contribution >= 4 is 40.5 Å². The van der Waals surface area contributed by atoms with Crippen LogP contribution in [0.4, 0.5) is 4.79 Å². The Morgan fingerprint density at radius 1 is 1.13 bits per heavy atom. The molecule has 1 saturated heterocycles. The number of aromatic nitrogens is 3. The zero-order valence-electron chi connectivity index (χ0n) is 22.3. The smallest absolute Gasteiger partial charge is 0.410 e. The van der Waals surface area contributed by atoms with Gasteiger partial charge < -0.3 is 19.1 Å². The van der Waals surface area contributed by atoms with E-state index in [0.29, 0.717) is 51.5 Å². The Morgan fingerprint density at radius 2 is 1.84 bits per heavy atom. The SMILES string of the molecule is COc1cc(OC)c(Cl)c(-c2cc3cnc(SC)nc3n(C3CC4(C3)CN(C(=O)OC(C)(C)C)C4)c2=O)c1. The van der Waals surface area contributed by atoms with Gasteiger partial charge in [0.15, 0.2) is 5.16 Å². The minimum absolute atomic E-state index is 0.0183. The summed E-state index contributed by atoms with van der Waals surface area (Å²) in [5, 5.41) is 1.66. The third-order valence-electron chi connectivity index (χ3n) is 7.10. The van der Waals surface area contributed by atoms with Crippen LogP contribution in [0.2, 0.25) is 5.02 Å². The maximum absolute atomic E-state index is 14.1. The van der Waals surface area contributed by atoms with Gasteiger partial charge in [0.1, 0.15) is 22.7 Å². The van der Waals surface area contributed by atoms with Crippen LogP contribution in [0.15, 0.2) is 34.3 Å². The van der Waals surface area contributed by atoms with Crippen LogP contribution < -0.4 is 15.0 Å². The summed E-state index contributed by atoms with van der Waals surface area (Å²) in [6, 6.07) is 5.13. The number of fused-ring (bicyclic) bond motifs is 1. The first kappa shape index (κ1) is 26.6. The first-order chi connectivity index (χ1) is 18.0. The molecule has 3 heterocycles. The summed E-state index contributed by atoms with van der Waals surface area (Å²) < 4.78 is 18.2. The Labute approximate surface area is 230 Å². The van der Waals surface area contributed by atoms with Crippen LogP contribution in [-0.2, 0) is 4.74 Å². The predicted molar refractivity (Wildman–Crippen MR) is 148 cm³/mol. The average Bonchev–Trinajstić information content (AvgIpc) is 2.82. The lowest BCUT2D eigenvalue weighted by Gasteiger charge is -2.58. The summed E-state index contributed by atoms with van der Waals surface area (Å²) in [4.78, 5) is 37.4. The van der Waals surface area contributed by atoms with Gasteiger partial charge in [0.05, 0.1) is 19.2 Å². The monoisotopic (exact) mass is 558 g/mol. The van der Waals surface area contributed by atoms with Gasteiger partial charge in [-0.25, -0.2) is 14.8 Å². The van der Waals surface area contributed by atoms with E-state index in [9.17, 15) is 9.59 Å². The minimum Gasteiger partial charge on any atom is -0.497 e.